The fourth-order valence-electron chi connectivity index (χ4n) is 2.39. The molecule has 0 saturated heterocycles. The van der Waals surface area contributed by atoms with Crippen LogP contribution in [0, 0.1) is 11.6 Å². The number of benzene rings is 2. The molecule has 5 heteroatoms. The number of hydrogen-bond donors (Lipinski definition) is 1. The third kappa shape index (κ3) is 2.69. The van der Waals surface area contributed by atoms with Gasteiger partial charge in [-0.25, -0.2) is 8.78 Å². The Kier molecular flexibility index (Phi) is 3.75. The highest BCUT2D eigenvalue weighted by molar-refractivity contribution is 5.48. The molecule has 0 amide bonds. The molecule has 1 aliphatic heterocycles. The lowest BCUT2D eigenvalue weighted by Gasteiger charge is -2.23. The van der Waals surface area contributed by atoms with Gasteiger partial charge in [0.05, 0.1) is 6.10 Å². The summed E-state index contributed by atoms with van der Waals surface area (Å²) in [6.07, 6.45) is -1.24. The van der Waals surface area contributed by atoms with Gasteiger partial charge in [0.2, 0.25) is 0 Å². The summed E-state index contributed by atoms with van der Waals surface area (Å²) in [5.74, 6) is -0.369. The quantitative estimate of drug-likeness (QED) is 0.945. The van der Waals surface area contributed by atoms with E-state index in [4.69, 9.17) is 9.47 Å². The monoisotopic (exact) mass is 292 g/mol. The van der Waals surface area contributed by atoms with Crippen molar-refractivity contribution in [1.82, 2.24) is 0 Å². The molecule has 0 radical (unpaired) electrons. The van der Waals surface area contributed by atoms with Crippen molar-refractivity contribution in [3.8, 4) is 11.5 Å². The van der Waals surface area contributed by atoms with Gasteiger partial charge in [-0.3, -0.25) is 0 Å². The summed E-state index contributed by atoms with van der Waals surface area (Å²) in [6.45, 7) is 0.819. The Morgan fingerprint density at radius 3 is 2.43 bits per heavy atom. The van der Waals surface area contributed by atoms with E-state index >= 15 is 0 Å². The van der Waals surface area contributed by atoms with Gasteiger partial charge in [-0.15, -0.1) is 0 Å². The standard InChI is InChI=1S/C16H14F2O3/c17-12-4-2-5-13(18)11(12)9-14(19)10-3-1-6-15-16(10)21-8-7-20-15/h1-6,14,19H,7-9H2. The van der Waals surface area contributed by atoms with Crippen LogP contribution in [0.3, 0.4) is 0 Å². The Hall–Kier alpha value is -2.14. The van der Waals surface area contributed by atoms with E-state index in [-0.39, 0.29) is 12.0 Å². The number of halogens is 2. The van der Waals surface area contributed by atoms with Gasteiger partial charge in [-0.1, -0.05) is 18.2 Å². The highest BCUT2D eigenvalue weighted by Crippen LogP contribution is 2.38. The molecule has 0 aromatic heterocycles. The van der Waals surface area contributed by atoms with Crippen molar-refractivity contribution in [3.63, 3.8) is 0 Å². The van der Waals surface area contributed by atoms with Crippen LogP contribution in [-0.2, 0) is 6.42 Å². The fraction of sp³-hybridized carbons (Fsp3) is 0.250. The van der Waals surface area contributed by atoms with E-state index in [1.807, 2.05) is 0 Å². The van der Waals surface area contributed by atoms with Gasteiger partial charge in [-0.2, -0.15) is 0 Å². The normalized spacial score (nSPS) is 14.8. The highest BCUT2D eigenvalue weighted by Gasteiger charge is 2.22. The molecular weight excluding hydrogens is 278 g/mol. The molecule has 2 aromatic carbocycles. The second kappa shape index (κ2) is 5.69. The minimum absolute atomic E-state index is 0.140. The van der Waals surface area contributed by atoms with E-state index in [1.165, 1.54) is 18.2 Å². The summed E-state index contributed by atoms with van der Waals surface area (Å²) in [6, 6.07) is 8.74. The molecule has 0 aliphatic carbocycles. The summed E-state index contributed by atoms with van der Waals surface area (Å²) in [4.78, 5) is 0. The van der Waals surface area contributed by atoms with Gasteiger partial charge in [0.15, 0.2) is 11.5 Å². The van der Waals surface area contributed by atoms with Crippen molar-refractivity contribution >= 4 is 0 Å². The Bertz CT molecular complexity index is 638. The molecule has 1 atom stereocenters. The van der Waals surface area contributed by atoms with Gasteiger partial charge < -0.3 is 14.6 Å². The van der Waals surface area contributed by atoms with Crippen LogP contribution in [0.1, 0.15) is 17.2 Å². The van der Waals surface area contributed by atoms with E-state index in [9.17, 15) is 13.9 Å². The smallest absolute Gasteiger partial charge is 0.167 e. The number of fused-ring (bicyclic) bond motifs is 1. The highest BCUT2D eigenvalue weighted by atomic mass is 19.1. The van der Waals surface area contributed by atoms with E-state index in [0.717, 1.165) is 0 Å². The predicted octanol–water partition coefficient (Wildman–Crippen LogP) is 3.01. The lowest BCUT2D eigenvalue weighted by Crippen LogP contribution is -2.18. The van der Waals surface area contributed by atoms with Gasteiger partial charge in [0.1, 0.15) is 24.8 Å². The topological polar surface area (TPSA) is 38.7 Å². The van der Waals surface area contributed by atoms with Crippen LogP contribution in [0.5, 0.6) is 11.5 Å². The molecule has 1 N–H and O–H groups in total. The maximum atomic E-state index is 13.7. The number of hydrogen-bond acceptors (Lipinski definition) is 3. The van der Waals surface area contributed by atoms with Crippen LogP contribution in [0.15, 0.2) is 36.4 Å². The molecule has 21 heavy (non-hydrogen) atoms. The Labute approximate surface area is 120 Å². The van der Waals surface area contributed by atoms with Gasteiger partial charge >= 0.3 is 0 Å². The first-order valence-corrected chi connectivity index (χ1v) is 6.66. The van der Waals surface area contributed by atoms with Crippen molar-refractivity contribution in [3.05, 3.63) is 59.2 Å². The van der Waals surface area contributed by atoms with Crippen LogP contribution in [0.25, 0.3) is 0 Å². The molecule has 1 unspecified atom stereocenters. The van der Waals surface area contributed by atoms with Crippen molar-refractivity contribution in [1.29, 1.82) is 0 Å². The zero-order valence-corrected chi connectivity index (χ0v) is 11.2. The van der Waals surface area contributed by atoms with Crippen LogP contribution < -0.4 is 9.47 Å². The van der Waals surface area contributed by atoms with Crippen molar-refractivity contribution in [2.24, 2.45) is 0 Å². The molecule has 0 bridgehead atoms. The van der Waals surface area contributed by atoms with Crippen LogP contribution in [0.4, 0.5) is 8.78 Å². The Balaban J connectivity index is 1.91. The van der Waals surface area contributed by atoms with Gasteiger partial charge in [0.25, 0.3) is 0 Å². The van der Waals surface area contributed by atoms with Gasteiger partial charge in [0, 0.05) is 17.5 Å². The average molecular weight is 292 g/mol. The van der Waals surface area contributed by atoms with Gasteiger partial charge in [-0.05, 0) is 18.2 Å². The molecule has 0 saturated carbocycles. The lowest BCUT2D eigenvalue weighted by molar-refractivity contribution is 0.145. The molecule has 0 spiro atoms. The first kappa shape index (κ1) is 13.8. The number of para-hydroxylation sites is 1. The fourth-order valence-corrected chi connectivity index (χ4v) is 2.39. The number of rotatable bonds is 3. The summed E-state index contributed by atoms with van der Waals surface area (Å²) in [5, 5.41) is 10.3. The number of aliphatic hydroxyl groups excluding tert-OH is 1. The predicted molar refractivity (Wildman–Crippen MR) is 72.5 cm³/mol. The van der Waals surface area contributed by atoms with E-state index in [2.05, 4.69) is 0 Å². The SMILES string of the molecule is OC(Cc1c(F)cccc1F)c1cccc2c1OCCO2. The van der Waals surface area contributed by atoms with Crippen molar-refractivity contribution in [2.75, 3.05) is 13.2 Å². The molecule has 1 heterocycles. The van der Waals surface area contributed by atoms with Crippen LogP contribution >= 0.6 is 0 Å². The molecule has 3 nitrogen and oxygen atoms in total. The first-order valence-electron chi connectivity index (χ1n) is 6.66. The third-order valence-corrected chi connectivity index (χ3v) is 3.41. The maximum absolute atomic E-state index is 13.7. The van der Waals surface area contributed by atoms with Crippen LogP contribution in [0.2, 0.25) is 0 Å². The maximum Gasteiger partial charge on any atom is 0.167 e. The number of ether oxygens (including phenoxy) is 2. The first-order chi connectivity index (χ1) is 10.2. The van der Waals surface area contributed by atoms with Crippen molar-refractivity contribution in [2.45, 2.75) is 12.5 Å². The second-order valence-electron chi connectivity index (χ2n) is 4.79. The molecule has 0 fully saturated rings. The largest absolute Gasteiger partial charge is 0.486 e. The third-order valence-electron chi connectivity index (χ3n) is 3.41. The lowest BCUT2D eigenvalue weighted by atomic mass is 9.99. The van der Waals surface area contributed by atoms with Crippen LogP contribution in [-0.4, -0.2) is 18.3 Å². The molecule has 3 rings (SSSR count). The minimum Gasteiger partial charge on any atom is -0.486 e. The zero-order valence-electron chi connectivity index (χ0n) is 11.2. The molecule has 1 aliphatic rings. The van der Waals surface area contributed by atoms with E-state index in [1.54, 1.807) is 18.2 Å². The van der Waals surface area contributed by atoms with E-state index in [0.29, 0.717) is 30.3 Å². The summed E-state index contributed by atoms with van der Waals surface area (Å²) >= 11 is 0. The summed E-state index contributed by atoms with van der Waals surface area (Å²) in [7, 11) is 0. The molecular formula is C16H14F2O3. The zero-order chi connectivity index (χ0) is 14.8. The average Bonchev–Trinajstić information content (AvgIpc) is 2.50. The Morgan fingerprint density at radius 1 is 1.00 bits per heavy atom. The number of aliphatic hydroxyl groups is 1. The minimum atomic E-state index is -1.08. The van der Waals surface area contributed by atoms with E-state index < -0.39 is 17.7 Å². The second-order valence-corrected chi connectivity index (χ2v) is 4.79. The summed E-state index contributed by atoms with van der Waals surface area (Å²) < 4.78 is 38.2. The molecule has 2 aromatic rings. The molecule has 110 valence electrons. The van der Waals surface area contributed by atoms with Crippen molar-refractivity contribution < 1.29 is 23.4 Å². The summed E-state index contributed by atoms with van der Waals surface area (Å²) in [5.41, 5.74) is 0.328. The Morgan fingerprint density at radius 2 is 1.67 bits per heavy atom.